The van der Waals surface area contributed by atoms with Gasteiger partial charge in [-0.05, 0) is 13.3 Å². The zero-order valence-corrected chi connectivity index (χ0v) is 11.2. The molecule has 1 aromatic rings. The highest BCUT2D eigenvalue weighted by Crippen LogP contribution is 2.35. The van der Waals surface area contributed by atoms with Gasteiger partial charge >= 0.3 is 5.69 Å². The second-order valence-corrected chi connectivity index (χ2v) is 5.26. The van der Waals surface area contributed by atoms with Crippen LogP contribution in [0.4, 0.5) is 5.69 Å². The summed E-state index contributed by atoms with van der Waals surface area (Å²) in [5, 5.41) is 25.0. The Kier molecular flexibility index (Phi) is 4.53. The highest BCUT2D eigenvalue weighted by Gasteiger charge is 2.28. The average Bonchev–Trinajstić information content (AvgIpc) is 2.55. The smallest absolute Gasteiger partial charge is 0.323 e. The molecule has 6 nitrogen and oxygen atoms in total. The maximum absolute atomic E-state index is 11.0. The van der Waals surface area contributed by atoms with Crippen molar-refractivity contribution in [2.75, 3.05) is 0 Å². The largest absolute Gasteiger partial charge is 0.392 e. The van der Waals surface area contributed by atoms with E-state index in [1.165, 1.54) is 16.4 Å². The fraction of sp³-hybridized carbons (Fsp3) is 0.700. The number of hydrogen-bond acceptors (Lipinski definition) is 5. The standard InChI is InChI=1S/C10H17N3O3S/c1-5-8-9(13(15)16)10(12(4)11-8)17-7(3)6(2)14/h6-7,14H,5H2,1-4H3. The van der Waals surface area contributed by atoms with E-state index >= 15 is 0 Å². The quantitative estimate of drug-likeness (QED) is 0.495. The molecule has 96 valence electrons. The normalized spacial score (nSPS) is 14.6. The highest BCUT2D eigenvalue weighted by molar-refractivity contribution is 8.00. The fourth-order valence-corrected chi connectivity index (χ4v) is 2.43. The van der Waals surface area contributed by atoms with Gasteiger partial charge in [-0.25, -0.2) is 0 Å². The second-order valence-electron chi connectivity index (χ2n) is 3.90. The van der Waals surface area contributed by atoms with Crippen molar-refractivity contribution in [3.05, 3.63) is 15.8 Å². The Morgan fingerprint density at radius 1 is 1.59 bits per heavy atom. The second kappa shape index (κ2) is 5.50. The molecule has 1 aromatic heterocycles. The lowest BCUT2D eigenvalue weighted by Crippen LogP contribution is -2.15. The zero-order chi connectivity index (χ0) is 13.2. The highest BCUT2D eigenvalue weighted by atomic mass is 32.2. The first-order valence-electron chi connectivity index (χ1n) is 5.43. The summed E-state index contributed by atoms with van der Waals surface area (Å²) in [7, 11) is 1.68. The molecule has 7 heteroatoms. The third-order valence-electron chi connectivity index (χ3n) is 2.53. The molecule has 0 aliphatic rings. The van der Waals surface area contributed by atoms with Crippen molar-refractivity contribution in [1.82, 2.24) is 9.78 Å². The Hall–Kier alpha value is -1.08. The van der Waals surface area contributed by atoms with Crippen LogP contribution in [0.2, 0.25) is 0 Å². The summed E-state index contributed by atoms with van der Waals surface area (Å²) >= 11 is 1.28. The summed E-state index contributed by atoms with van der Waals surface area (Å²) < 4.78 is 1.51. The molecule has 17 heavy (non-hydrogen) atoms. The third-order valence-corrected chi connectivity index (χ3v) is 3.98. The molecule has 2 unspecified atom stereocenters. The monoisotopic (exact) mass is 259 g/mol. The van der Waals surface area contributed by atoms with Crippen molar-refractivity contribution in [2.45, 2.75) is 43.6 Å². The molecule has 0 aliphatic carbocycles. The lowest BCUT2D eigenvalue weighted by atomic mass is 10.3. The molecular formula is C10H17N3O3S. The average molecular weight is 259 g/mol. The van der Waals surface area contributed by atoms with E-state index in [1.807, 2.05) is 13.8 Å². The summed E-state index contributed by atoms with van der Waals surface area (Å²) in [6.45, 7) is 5.33. The van der Waals surface area contributed by atoms with Gasteiger partial charge in [-0.2, -0.15) is 5.10 Å². The molecule has 0 amide bonds. The van der Waals surface area contributed by atoms with Crippen LogP contribution in [0.15, 0.2) is 5.03 Å². The van der Waals surface area contributed by atoms with Crippen LogP contribution < -0.4 is 0 Å². The molecular weight excluding hydrogens is 242 g/mol. The first-order valence-corrected chi connectivity index (χ1v) is 6.31. The van der Waals surface area contributed by atoms with E-state index in [2.05, 4.69) is 5.10 Å². The molecule has 0 spiro atoms. The third kappa shape index (κ3) is 2.98. The van der Waals surface area contributed by atoms with Gasteiger partial charge in [0.25, 0.3) is 0 Å². The molecule has 0 radical (unpaired) electrons. The number of thioether (sulfide) groups is 1. The number of rotatable bonds is 5. The van der Waals surface area contributed by atoms with Crippen molar-refractivity contribution in [2.24, 2.45) is 7.05 Å². The van der Waals surface area contributed by atoms with Crippen LogP contribution in [0, 0.1) is 10.1 Å². The fourth-order valence-electron chi connectivity index (χ4n) is 1.38. The van der Waals surface area contributed by atoms with E-state index in [9.17, 15) is 15.2 Å². The van der Waals surface area contributed by atoms with Crippen LogP contribution in [-0.4, -0.2) is 31.2 Å². The van der Waals surface area contributed by atoms with Crippen LogP contribution in [0.25, 0.3) is 0 Å². The molecule has 2 atom stereocenters. The minimum Gasteiger partial charge on any atom is -0.392 e. The van der Waals surface area contributed by atoms with E-state index in [1.54, 1.807) is 14.0 Å². The first-order chi connectivity index (χ1) is 7.88. The Morgan fingerprint density at radius 3 is 2.59 bits per heavy atom. The van der Waals surface area contributed by atoms with Crippen molar-refractivity contribution < 1.29 is 10.0 Å². The SMILES string of the molecule is CCc1nn(C)c(SC(C)C(C)O)c1[N+](=O)[O-]. The number of aromatic nitrogens is 2. The molecule has 0 aliphatic heterocycles. The zero-order valence-electron chi connectivity index (χ0n) is 10.4. The van der Waals surface area contributed by atoms with E-state index in [-0.39, 0.29) is 10.9 Å². The molecule has 1 heterocycles. The van der Waals surface area contributed by atoms with Crippen LogP contribution in [0.1, 0.15) is 26.5 Å². The van der Waals surface area contributed by atoms with E-state index < -0.39 is 11.0 Å². The van der Waals surface area contributed by atoms with Crippen LogP contribution in [0.3, 0.4) is 0 Å². The van der Waals surface area contributed by atoms with Gasteiger partial charge in [0.05, 0.1) is 11.0 Å². The summed E-state index contributed by atoms with van der Waals surface area (Å²) in [5.74, 6) is 0. The minimum atomic E-state index is -0.528. The Labute approximate surface area is 104 Å². The molecule has 1 rings (SSSR count). The Balaban J connectivity index is 3.13. The summed E-state index contributed by atoms with van der Waals surface area (Å²) in [6.07, 6.45) is -0.00657. The topological polar surface area (TPSA) is 81.2 Å². The number of hydrogen-bond donors (Lipinski definition) is 1. The Bertz CT molecular complexity index is 417. The van der Waals surface area contributed by atoms with E-state index in [4.69, 9.17) is 0 Å². The number of aryl methyl sites for hydroxylation is 2. The van der Waals surface area contributed by atoms with Gasteiger partial charge in [-0.15, -0.1) is 0 Å². The first kappa shape index (κ1) is 14.0. The predicted molar refractivity (Wildman–Crippen MR) is 66.2 cm³/mol. The summed E-state index contributed by atoms with van der Waals surface area (Å²) in [4.78, 5) is 10.6. The van der Waals surface area contributed by atoms with Crippen molar-refractivity contribution >= 4 is 17.4 Å². The van der Waals surface area contributed by atoms with Crippen molar-refractivity contribution in [3.8, 4) is 0 Å². The van der Waals surface area contributed by atoms with Gasteiger partial charge in [0, 0.05) is 12.3 Å². The van der Waals surface area contributed by atoms with Crippen LogP contribution in [-0.2, 0) is 13.5 Å². The number of aliphatic hydroxyl groups excluding tert-OH is 1. The van der Waals surface area contributed by atoms with Gasteiger partial charge in [-0.3, -0.25) is 14.8 Å². The van der Waals surface area contributed by atoms with Crippen molar-refractivity contribution in [1.29, 1.82) is 0 Å². The van der Waals surface area contributed by atoms with Gasteiger partial charge in [-0.1, -0.05) is 25.6 Å². The lowest BCUT2D eigenvalue weighted by molar-refractivity contribution is -0.388. The molecule has 0 fully saturated rings. The molecule has 0 saturated heterocycles. The van der Waals surface area contributed by atoms with E-state index in [0.29, 0.717) is 17.1 Å². The summed E-state index contributed by atoms with van der Waals surface area (Å²) in [6, 6.07) is 0. The Morgan fingerprint density at radius 2 is 2.18 bits per heavy atom. The van der Waals surface area contributed by atoms with Crippen LogP contribution >= 0.6 is 11.8 Å². The summed E-state index contributed by atoms with van der Waals surface area (Å²) in [5.41, 5.74) is 0.547. The maximum Gasteiger partial charge on any atom is 0.323 e. The van der Waals surface area contributed by atoms with Gasteiger partial charge in [0.1, 0.15) is 5.69 Å². The molecule has 0 bridgehead atoms. The number of nitro groups is 1. The number of nitrogens with zero attached hydrogens (tertiary/aromatic N) is 3. The minimum absolute atomic E-state index is 0.0625. The molecule has 0 saturated carbocycles. The molecule has 1 N–H and O–H groups in total. The van der Waals surface area contributed by atoms with E-state index in [0.717, 1.165) is 0 Å². The van der Waals surface area contributed by atoms with Gasteiger partial charge in [0.15, 0.2) is 5.03 Å². The van der Waals surface area contributed by atoms with Crippen molar-refractivity contribution in [3.63, 3.8) is 0 Å². The van der Waals surface area contributed by atoms with Gasteiger partial charge in [0.2, 0.25) is 0 Å². The van der Waals surface area contributed by atoms with Gasteiger partial charge < -0.3 is 5.11 Å². The predicted octanol–water partition coefficient (Wildman–Crippen LogP) is 1.75. The maximum atomic E-state index is 11.0. The number of aliphatic hydroxyl groups is 1. The lowest BCUT2D eigenvalue weighted by Gasteiger charge is -2.13. The van der Waals surface area contributed by atoms with Crippen LogP contribution in [0.5, 0.6) is 0 Å². The molecule has 0 aromatic carbocycles.